The normalized spacial score (nSPS) is 16.1. The predicted molar refractivity (Wildman–Crippen MR) is 87.9 cm³/mol. The van der Waals surface area contributed by atoms with Gasteiger partial charge in [0, 0.05) is 37.2 Å². The number of amides is 1. The van der Waals surface area contributed by atoms with E-state index in [1.165, 1.54) is 0 Å². The van der Waals surface area contributed by atoms with Crippen LogP contribution < -0.4 is 14.8 Å². The minimum atomic E-state index is -0.00150. The Morgan fingerprint density at radius 3 is 2.50 bits per heavy atom. The lowest BCUT2D eigenvalue weighted by molar-refractivity contribution is 0.0792. The van der Waals surface area contributed by atoms with Crippen molar-refractivity contribution in [2.45, 2.75) is 12.8 Å². The van der Waals surface area contributed by atoms with Crippen molar-refractivity contribution in [1.29, 1.82) is 0 Å². The van der Waals surface area contributed by atoms with Crippen molar-refractivity contribution in [3.63, 3.8) is 0 Å². The summed E-state index contributed by atoms with van der Waals surface area (Å²) < 4.78 is 11.0. The molecular weight excluding hydrogens is 308 g/mol. The van der Waals surface area contributed by atoms with Crippen LogP contribution >= 0.6 is 0 Å². The Hall–Kier alpha value is -2.83. The molecule has 0 unspecified atom stereocenters. The van der Waals surface area contributed by atoms with E-state index in [4.69, 9.17) is 9.47 Å². The summed E-state index contributed by atoms with van der Waals surface area (Å²) in [5.41, 5.74) is 1.32. The first-order valence-electron chi connectivity index (χ1n) is 8.07. The fourth-order valence-electron chi connectivity index (χ4n) is 2.86. The van der Waals surface area contributed by atoms with Crippen LogP contribution in [0.4, 0.5) is 11.6 Å². The van der Waals surface area contributed by atoms with Crippen molar-refractivity contribution in [2.24, 2.45) is 0 Å². The SMILES string of the molecule is O=C(c1cnc(Nc2ccc3c(c2)OCCO3)nc1)N1CCCC1. The molecule has 2 aliphatic rings. The Morgan fingerprint density at radius 1 is 1.04 bits per heavy atom. The molecule has 1 aromatic heterocycles. The van der Waals surface area contributed by atoms with Crippen LogP contribution in [0.25, 0.3) is 0 Å². The summed E-state index contributed by atoms with van der Waals surface area (Å²) in [5, 5.41) is 3.11. The third kappa shape index (κ3) is 2.97. The number of nitrogens with zero attached hydrogens (tertiary/aromatic N) is 3. The Morgan fingerprint density at radius 2 is 1.75 bits per heavy atom. The number of hydrogen-bond acceptors (Lipinski definition) is 6. The number of likely N-dealkylation sites (tertiary alicyclic amines) is 1. The van der Waals surface area contributed by atoms with E-state index in [2.05, 4.69) is 15.3 Å². The van der Waals surface area contributed by atoms with E-state index >= 15 is 0 Å². The van der Waals surface area contributed by atoms with E-state index < -0.39 is 0 Å². The van der Waals surface area contributed by atoms with Crippen LogP contribution in [0.3, 0.4) is 0 Å². The smallest absolute Gasteiger partial charge is 0.256 e. The van der Waals surface area contributed by atoms with Gasteiger partial charge < -0.3 is 19.7 Å². The van der Waals surface area contributed by atoms with Gasteiger partial charge in [0.05, 0.1) is 5.56 Å². The van der Waals surface area contributed by atoms with Crippen molar-refractivity contribution in [3.8, 4) is 11.5 Å². The van der Waals surface area contributed by atoms with Gasteiger partial charge in [-0.15, -0.1) is 0 Å². The lowest BCUT2D eigenvalue weighted by atomic mass is 10.2. The molecule has 1 saturated heterocycles. The third-order valence-electron chi connectivity index (χ3n) is 4.09. The predicted octanol–water partition coefficient (Wildman–Crippen LogP) is 2.23. The van der Waals surface area contributed by atoms with Crippen LogP contribution in [0.5, 0.6) is 11.5 Å². The van der Waals surface area contributed by atoms with Crippen molar-refractivity contribution in [2.75, 3.05) is 31.6 Å². The van der Waals surface area contributed by atoms with E-state index in [1.54, 1.807) is 12.4 Å². The van der Waals surface area contributed by atoms with E-state index in [0.29, 0.717) is 30.5 Å². The summed E-state index contributed by atoms with van der Waals surface area (Å²) >= 11 is 0. The fourth-order valence-corrected chi connectivity index (χ4v) is 2.86. The van der Waals surface area contributed by atoms with E-state index in [-0.39, 0.29) is 5.91 Å². The van der Waals surface area contributed by atoms with Gasteiger partial charge in [0.2, 0.25) is 5.95 Å². The number of carbonyl (C=O) groups is 1. The number of benzene rings is 1. The zero-order valence-corrected chi connectivity index (χ0v) is 13.2. The molecule has 1 fully saturated rings. The second-order valence-corrected chi connectivity index (χ2v) is 5.78. The summed E-state index contributed by atoms with van der Waals surface area (Å²) in [6.07, 6.45) is 5.26. The zero-order valence-electron chi connectivity index (χ0n) is 13.2. The van der Waals surface area contributed by atoms with Gasteiger partial charge in [-0.25, -0.2) is 9.97 Å². The molecule has 0 bridgehead atoms. The molecule has 0 radical (unpaired) electrons. The quantitative estimate of drug-likeness (QED) is 0.932. The average Bonchev–Trinajstić information content (AvgIpc) is 3.16. The number of carbonyl (C=O) groups excluding carboxylic acids is 1. The van der Waals surface area contributed by atoms with E-state index in [1.807, 2.05) is 23.1 Å². The second-order valence-electron chi connectivity index (χ2n) is 5.78. The Bertz CT molecular complexity index is 742. The Labute approximate surface area is 139 Å². The monoisotopic (exact) mass is 326 g/mol. The maximum atomic E-state index is 12.3. The number of ether oxygens (including phenoxy) is 2. The minimum Gasteiger partial charge on any atom is -0.486 e. The molecule has 1 amide bonds. The van der Waals surface area contributed by atoms with Crippen molar-refractivity contribution >= 4 is 17.5 Å². The highest BCUT2D eigenvalue weighted by atomic mass is 16.6. The highest BCUT2D eigenvalue weighted by Gasteiger charge is 2.20. The molecule has 3 heterocycles. The van der Waals surface area contributed by atoms with Crippen molar-refractivity contribution < 1.29 is 14.3 Å². The van der Waals surface area contributed by atoms with Gasteiger partial charge in [0.15, 0.2) is 11.5 Å². The molecule has 2 aromatic rings. The van der Waals surface area contributed by atoms with Gasteiger partial charge in [0.25, 0.3) is 5.91 Å². The van der Waals surface area contributed by atoms with Gasteiger partial charge in [-0.1, -0.05) is 0 Å². The summed E-state index contributed by atoms with van der Waals surface area (Å²) in [4.78, 5) is 22.6. The van der Waals surface area contributed by atoms with Gasteiger partial charge in [-0.3, -0.25) is 4.79 Å². The molecule has 4 rings (SSSR count). The summed E-state index contributed by atoms with van der Waals surface area (Å²) in [6, 6.07) is 5.57. The molecule has 7 nitrogen and oxygen atoms in total. The maximum absolute atomic E-state index is 12.3. The van der Waals surface area contributed by atoms with E-state index in [9.17, 15) is 4.79 Å². The molecule has 7 heteroatoms. The highest BCUT2D eigenvalue weighted by molar-refractivity contribution is 5.93. The number of aromatic nitrogens is 2. The molecular formula is C17H18N4O3. The van der Waals surface area contributed by atoms with Crippen molar-refractivity contribution in [3.05, 3.63) is 36.2 Å². The molecule has 24 heavy (non-hydrogen) atoms. The van der Waals surface area contributed by atoms with Gasteiger partial charge in [-0.05, 0) is 25.0 Å². The molecule has 0 atom stereocenters. The van der Waals surface area contributed by atoms with Gasteiger partial charge >= 0.3 is 0 Å². The first-order valence-corrected chi connectivity index (χ1v) is 8.07. The lowest BCUT2D eigenvalue weighted by Crippen LogP contribution is -2.27. The lowest BCUT2D eigenvalue weighted by Gasteiger charge is -2.19. The van der Waals surface area contributed by atoms with E-state index in [0.717, 1.165) is 37.4 Å². The maximum Gasteiger partial charge on any atom is 0.256 e. The molecule has 124 valence electrons. The number of anilines is 2. The number of hydrogen-bond donors (Lipinski definition) is 1. The summed E-state index contributed by atoms with van der Waals surface area (Å²) in [6.45, 7) is 2.74. The average molecular weight is 326 g/mol. The van der Waals surface area contributed by atoms with Crippen LogP contribution in [0.2, 0.25) is 0 Å². The topological polar surface area (TPSA) is 76.6 Å². The van der Waals surface area contributed by atoms with Gasteiger partial charge in [0.1, 0.15) is 13.2 Å². The van der Waals surface area contributed by atoms with Crippen LogP contribution in [0, 0.1) is 0 Å². The molecule has 0 saturated carbocycles. The van der Waals surface area contributed by atoms with Crippen LogP contribution in [0.15, 0.2) is 30.6 Å². The molecule has 1 N–H and O–H groups in total. The Kier molecular flexibility index (Phi) is 3.90. The number of rotatable bonds is 3. The summed E-state index contributed by atoms with van der Waals surface area (Å²) in [7, 11) is 0. The molecule has 0 aliphatic carbocycles. The molecule has 1 aromatic carbocycles. The number of nitrogens with one attached hydrogen (secondary N) is 1. The van der Waals surface area contributed by atoms with Crippen LogP contribution in [-0.4, -0.2) is 47.1 Å². The van der Waals surface area contributed by atoms with Crippen molar-refractivity contribution in [1.82, 2.24) is 14.9 Å². The standard InChI is InChI=1S/C17H18N4O3/c22-16(21-5-1-2-6-21)12-10-18-17(19-11-12)20-13-3-4-14-15(9-13)24-8-7-23-14/h3-4,9-11H,1-2,5-8H2,(H,18,19,20). The third-order valence-corrected chi connectivity index (χ3v) is 4.09. The van der Waals surface area contributed by atoms with Gasteiger partial charge in [-0.2, -0.15) is 0 Å². The largest absolute Gasteiger partial charge is 0.486 e. The second kappa shape index (κ2) is 6.35. The highest BCUT2D eigenvalue weighted by Crippen LogP contribution is 2.33. The van der Waals surface area contributed by atoms with Crippen LogP contribution in [-0.2, 0) is 0 Å². The summed E-state index contributed by atoms with van der Waals surface area (Å²) in [5.74, 6) is 1.87. The molecule has 2 aliphatic heterocycles. The Balaban J connectivity index is 1.46. The zero-order chi connectivity index (χ0) is 16.4. The van der Waals surface area contributed by atoms with Crippen LogP contribution in [0.1, 0.15) is 23.2 Å². The minimum absolute atomic E-state index is 0.00150. The fraction of sp³-hybridized carbons (Fsp3) is 0.353. The molecule has 0 spiro atoms. The number of fused-ring (bicyclic) bond motifs is 1. The first-order chi connectivity index (χ1) is 11.8. The first kappa shape index (κ1) is 14.7.